The van der Waals surface area contributed by atoms with E-state index < -0.39 is 23.8 Å². The van der Waals surface area contributed by atoms with Gasteiger partial charge in [-0.15, -0.1) is 0 Å². The predicted octanol–water partition coefficient (Wildman–Crippen LogP) is 1.30. The number of imide groups is 2. The van der Waals surface area contributed by atoms with E-state index in [-0.39, 0.29) is 18.7 Å². The second-order valence-corrected chi connectivity index (χ2v) is 9.53. The molecule has 4 aliphatic heterocycles. The first-order valence-corrected chi connectivity index (χ1v) is 11.8. The van der Waals surface area contributed by atoms with Crippen molar-refractivity contribution in [3.8, 4) is 0 Å². The summed E-state index contributed by atoms with van der Waals surface area (Å²) in [6, 6.07) is 4.51. The highest BCUT2D eigenvalue weighted by Crippen LogP contribution is 2.32. The molecule has 0 bridgehead atoms. The molecule has 0 spiro atoms. The van der Waals surface area contributed by atoms with Crippen molar-refractivity contribution in [1.29, 1.82) is 0 Å². The molecule has 4 amide bonds. The van der Waals surface area contributed by atoms with Crippen LogP contribution >= 0.6 is 0 Å². The number of piperidine rings is 3. The van der Waals surface area contributed by atoms with Gasteiger partial charge < -0.3 is 5.32 Å². The maximum atomic E-state index is 13.0. The van der Waals surface area contributed by atoms with Gasteiger partial charge in [0, 0.05) is 13.0 Å². The van der Waals surface area contributed by atoms with Crippen LogP contribution in [0.2, 0.25) is 0 Å². The summed E-state index contributed by atoms with van der Waals surface area (Å²) in [6.45, 7) is 5.15. The Bertz CT molecular complexity index is 947. The molecule has 0 saturated carbocycles. The van der Waals surface area contributed by atoms with Crippen molar-refractivity contribution in [1.82, 2.24) is 20.4 Å². The lowest BCUT2D eigenvalue weighted by Gasteiger charge is -2.37. The lowest BCUT2D eigenvalue weighted by Crippen LogP contribution is -2.54. The average Bonchev–Trinajstić information content (AvgIpc) is 3.05. The van der Waals surface area contributed by atoms with Crippen molar-refractivity contribution in [2.24, 2.45) is 11.8 Å². The van der Waals surface area contributed by atoms with Crippen LogP contribution in [0, 0.1) is 11.8 Å². The molecule has 3 fully saturated rings. The summed E-state index contributed by atoms with van der Waals surface area (Å²) in [4.78, 5) is 53.0. The summed E-state index contributed by atoms with van der Waals surface area (Å²) in [5, 5.41) is 5.68. The van der Waals surface area contributed by atoms with E-state index >= 15 is 0 Å². The monoisotopic (exact) mass is 438 g/mol. The zero-order chi connectivity index (χ0) is 22.2. The van der Waals surface area contributed by atoms with Crippen LogP contribution in [0.1, 0.15) is 64.8 Å². The van der Waals surface area contributed by atoms with Crippen LogP contribution in [0.25, 0.3) is 0 Å². The van der Waals surface area contributed by atoms with E-state index in [1.54, 1.807) is 12.1 Å². The van der Waals surface area contributed by atoms with Gasteiger partial charge >= 0.3 is 0 Å². The number of likely N-dealkylation sites (tertiary alicyclic amines) is 1. The Morgan fingerprint density at radius 1 is 0.844 bits per heavy atom. The van der Waals surface area contributed by atoms with Gasteiger partial charge in [-0.05, 0) is 87.8 Å². The summed E-state index contributed by atoms with van der Waals surface area (Å²) in [7, 11) is 0. The largest absolute Gasteiger partial charge is 0.317 e. The second kappa shape index (κ2) is 8.75. The third kappa shape index (κ3) is 3.97. The minimum Gasteiger partial charge on any atom is -0.317 e. The molecule has 1 aromatic rings. The zero-order valence-electron chi connectivity index (χ0n) is 18.3. The summed E-state index contributed by atoms with van der Waals surface area (Å²) in [6.07, 6.45) is 5.31. The lowest BCUT2D eigenvalue weighted by atomic mass is 9.79. The third-order valence-electron chi connectivity index (χ3n) is 7.59. The van der Waals surface area contributed by atoms with E-state index in [4.69, 9.17) is 0 Å². The number of hydrogen-bond donors (Lipinski definition) is 2. The number of benzene rings is 1. The molecule has 4 aliphatic rings. The molecular weight excluding hydrogens is 408 g/mol. The first-order valence-electron chi connectivity index (χ1n) is 11.8. The van der Waals surface area contributed by atoms with Gasteiger partial charge in [-0.3, -0.25) is 34.3 Å². The molecule has 1 aromatic carbocycles. The van der Waals surface area contributed by atoms with Crippen molar-refractivity contribution < 1.29 is 19.2 Å². The van der Waals surface area contributed by atoms with Crippen LogP contribution in [0.4, 0.5) is 0 Å². The number of fused-ring (bicyclic) bond motifs is 1. The van der Waals surface area contributed by atoms with E-state index in [2.05, 4.69) is 15.5 Å². The molecule has 0 aliphatic carbocycles. The van der Waals surface area contributed by atoms with E-state index in [1.165, 1.54) is 25.7 Å². The highest BCUT2D eigenvalue weighted by atomic mass is 16.2. The zero-order valence-corrected chi connectivity index (χ0v) is 18.3. The van der Waals surface area contributed by atoms with Crippen LogP contribution < -0.4 is 10.6 Å². The summed E-state index contributed by atoms with van der Waals surface area (Å²) in [5.74, 6) is -0.170. The molecule has 8 nitrogen and oxygen atoms in total. The Balaban J connectivity index is 1.23. The SMILES string of the molecule is O=C1CCC(N2C(=O)c3ccc(CN4CCC(C5CCNCC5)CC4)cc3C2=O)C(=O)N1. The van der Waals surface area contributed by atoms with E-state index in [9.17, 15) is 19.2 Å². The van der Waals surface area contributed by atoms with Gasteiger partial charge in [0.05, 0.1) is 11.1 Å². The van der Waals surface area contributed by atoms with Gasteiger partial charge in [0.1, 0.15) is 6.04 Å². The fourth-order valence-electron chi connectivity index (χ4n) is 5.77. The van der Waals surface area contributed by atoms with E-state index in [0.29, 0.717) is 11.1 Å². The van der Waals surface area contributed by atoms with Gasteiger partial charge in [-0.25, -0.2) is 0 Å². The first kappa shape index (κ1) is 21.3. The summed E-state index contributed by atoms with van der Waals surface area (Å²) in [5.41, 5.74) is 1.71. The molecular formula is C24H30N4O4. The standard InChI is InChI=1S/C24H30N4O4/c29-21-4-3-20(22(30)26-21)28-23(31)18-2-1-15(13-19(18)24(28)32)14-27-11-7-17(8-12-27)16-5-9-25-10-6-16/h1-2,13,16-17,20,25H,3-12,14H2,(H,26,29,30). The number of nitrogens with zero attached hydrogens (tertiary/aromatic N) is 2. The Kier molecular flexibility index (Phi) is 5.82. The molecule has 32 heavy (non-hydrogen) atoms. The Morgan fingerprint density at radius 2 is 1.53 bits per heavy atom. The fourth-order valence-corrected chi connectivity index (χ4v) is 5.77. The topological polar surface area (TPSA) is 98.8 Å². The molecule has 170 valence electrons. The van der Waals surface area contributed by atoms with E-state index in [1.807, 2.05) is 6.07 Å². The molecule has 8 heteroatoms. The van der Waals surface area contributed by atoms with Gasteiger partial charge in [0.15, 0.2) is 0 Å². The maximum absolute atomic E-state index is 13.0. The minimum atomic E-state index is -0.919. The van der Waals surface area contributed by atoms with Crippen molar-refractivity contribution in [2.45, 2.75) is 51.1 Å². The highest BCUT2D eigenvalue weighted by Gasteiger charge is 2.44. The normalized spacial score (nSPS) is 25.9. The summed E-state index contributed by atoms with van der Waals surface area (Å²) >= 11 is 0. The predicted molar refractivity (Wildman–Crippen MR) is 117 cm³/mol. The highest BCUT2D eigenvalue weighted by molar-refractivity contribution is 6.23. The van der Waals surface area contributed by atoms with Crippen LogP contribution in [0.15, 0.2) is 18.2 Å². The number of amides is 4. The third-order valence-corrected chi connectivity index (χ3v) is 7.59. The molecule has 5 rings (SSSR count). The quantitative estimate of drug-likeness (QED) is 0.688. The first-order chi connectivity index (χ1) is 15.5. The number of rotatable bonds is 4. The lowest BCUT2D eigenvalue weighted by molar-refractivity contribution is -0.136. The molecule has 0 radical (unpaired) electrons. The van der Waals surface area contributed by atoms with Crippen molar-refractivity contribution in [2.75, 3.05) is 26.2 Å². The van der Waals surface area contributed by atoms with Crippen molar-refractivity contribution >= 4 is 23.6 Å². The van der Waals surface area contributed by atoms with Gasteiger partial charge in [0.25, 0.3) is 11.8 Å². The van der Waals surface area contributed by atoms with Gasteiger partial charge in [0.2, 0.25) is 11.8 Å². The van der Waals surface area contributed by atoms with Gasteiger partial charge in [-0.2, -0.15) is 0 Å². The fraction of sp³-hybridized carbons (Fsp3) is 0.583. The molecule has 0 aromatic heterocycles. The Labute approximate surface area is 187 Å². The second-order valence-electron chi connectivity index (χ2n) is 9.53. The van der Waals surface area contributed by atoms with Crippen LogP contribution in [-0.2, 0) is 16.1 Å². The minimum absolute atomic E-state index is 0.127. The maximum Gasteiger partial charge on any atom is 0.262 e. The van der Waals surface area contributed by atoms with Crippen molar-refractivity contribution in [3.05, 3.63) is 34.9 Å². The van der Waals surface area contributed by atoms with E-state index in [0.717, 1.165) is 55.0 Å². The molecule has 3 saturated heterocycles. The van der Waals surface area contributed by atoms with Crippen molar-refractivity contribution in [3.63, 3.8) is 0 Å². The average molecular weight is 439 g/mol. The smallest absolute Gasteiger partial charge is 0.262 e. The summed E-state index contributed by atoms with van der Waals surface area (Å²) < 4.78 is 0. The Hall–Kier alpha value is -2.58. The molecule has 2 N–H and O–H groups in total. The van der Waals surface area contributed by atoms with Crippen LogP contribution in [0.5, 0.6) is 0 Å². The Morgan fingerprint density at radius 3 is 2.25 bits per heavy atom. The van der Waals surface area contributed by atoms with Crippen LogP contribution in [-0.4, -0.2) is 65.6 Å². The molecule has 1 unspecified atom stereocenters. The van der Waals surface area contributed by atoms with Gasteiger partial charge in [-0.1, -0.05) is 6.07 Å². The molecule has 1 atom stereocenters. The number of carbonyl (C=O) groups excluding carboxylic acids is 4. The number of hydrogen-bond acceptors (Lipinski definition) is 6. The number of carbonyl (C=O) groups is 4. The van der Waals surface area contributed by atoms with Crippen LogP contribution in [0.3, 0.4) is 0 Å². The molecule has 4 heterocycles. The number of nitrogens with one attached hydrogen (secondary N) is 2.